The normalized spacial score (nSPS) is 16.2. The molecule has 1 saturated heterocycles. The highest BCUT2D eigenvalue weighted by Gasteiger charge is 2.42. The van der Waals surface area contributed by atoms with Crippen molar-refractivity contribution in [2.24, 2.45) is 0 Å². The van der Waals surface area contributed by atoms with Gasteiger partial charge in [-0.1, -0.05) is 24.3 Å². The van der Waals surface area contributed by atoms with Crippen molar-refractivity contribution in [1.29, 1.82) is 0 Å². The summed E-state index contributed by atoms with van der Waals surface area (Å²) >= 11 is 0.851. The Bertz CT molecular complexity index is 987. The molecule has 1 aliphatic heterocycles. The number of rotatable bonds is 6. The summed E-state index contributed by atoms with van der Waals surface area (Å²) in [5.74, 6) is -1.73. The largest absolute Gasteiger partial charge is 0.481 e. The number of aliphatic carboxylic acids is 1. The molecule has 2 N–H and O–H groups in total. The number of hydrogen-bond donors (Lipinski definition) is 2. The number of amides is 3. The Morgan fingerprint density at radius 1 is 1.10 bits per heavy atom. The minimum absolute atomic E-state index is 0.0994. The van der Waals surface area contributed by atoms with Crippen molar-refractivity contribution in [1.82, 2.24) is 0 Å². The SMILES string of the molecule is Cc1cccc(N2C(=O)SC(CC(=O)Nc3ccc(CC(=O)O)cc3)C2=O)c1C. The van der Waals surface area contributed by atoms with E-state index in [1.165, 1.54) is 0 Å². The fourth-order valence-corrected chi connectivity index (χ4v) is 4.02. The van der Waals surface area contributed by atoms with E-state index in [-0.39, 0.29) is 18.1 Å². The summed E-state index contributed by atoms with van der Waals surface area (Å²) in [4.78, 5) is 49.4. The third-order valence-electron chi connectivity index (χ3n) is 4.70. The molecule has 2 aromatic rings. The highest BCUT2D eigenvalue weighted by molar-refractivity contribution is 8.15. The number of benzene rings is 2. The zero-order valence-corrected chi connectivity index (χ0v) is 16.8. The molecular weight excluding hydrogens is 392 g/mol. The van der Waals surface area contributed by atoms with Crippen LogP contribution in [0.15, 0.2) is 42.5 Å². The summed E-state index contributed by atoms with van der Waals surface area (Å²) in [5.41, 5.74) is 3.48. The van der Waals surface area contributed by atoms with Gasteiger partial charge in [-0.2, -0.15) is 0 Å². The topological polar surface area (TPSA) is 104 Å². The van der Waals surface area contributed by atoms with Crippen molar-refractivity contribution in [3.05, 3.63) is 59.2 Å². The van der Waals surface area contributed by atoms with Crippen LogP contribution in [-0.2, 0) is 20.8 Å². The first-order valence-electron chi connectivity index (χ1n) is 8.97. The molecule has 1 unspecified atom stereocenters. The molecule has 0 radical (unpaired) electrons. The molecule has 0 aromatic heterocycles. The summed E-state index contributed by atoms with van der Waals surface area (Å²) < 4.78 is 0. The third-order valence-corrected chi connectivity index (χ3v) is 5.74. The highest BCUT2D eigenvalue weighted by atomic mass is 32.2. The van der Waals surface area contributed by atoms with E-state index in [0.29, 0.717) is 16.9 Å². The fraction of sp³-hybridized carbons (Fsp3) is 0.238. The van der Waals surface area contributed by atoms with E-state index in [0.717, 1.165) is 27.8 Å². The van der Waals surface area contributed by atoms with Crippen molar-refractivity contribution in [2.75, 3.05) is 10.2 Å². The molecule has 1 atom stereocenters. The first kappa shape index (κ1) is 20.6. The first-order chi connectivity index (χ1) is 13.8. The van der Waals surface area contributed by atoms with Gasteiger partial charge in [0.05, 0.1) is 12.1 Å². The highest BCUT2D eigenvalue weighted by Crippen LogP contribution is 2.35. The molecule has 150 valence electrons. The first-order valence-corrected chi connectivity index (χ1v) is 9.85. The van der Waals surface area contributed by atoms with Crippen LogP contribution < -0.4 is 10.2 Å². The average Bonchev–Trinajstić information content (AvgIpc) is 2.92. The van der Waals surface area contributed by atoms with E-state index >= 15 is 0 Å². The zero-order chi connectivity index (χ0) is 21.1. The standard InChI is InChI=1S/C21H20N2O5S/c1-12-4-3-5-16(13(12)2)23-20(27)17(29-21(23)28)11-18(24)22-15-8-6-14(7-9-15)10-19(25)26/h3-9,17H,10-11H2,1-2H3,(H,22,24)(H,25,26). The molecule has 8 heteroatoms. The van der Waals surface area contributed by atoms with Gasteiger partial charge in [-0.3, -0.25) is 19.2 Å². The van der Waals surface area contributed by atoms with E-state index in [9.17, 15) is 19.2 Å². The van der Waals surface area contributed by atoms with Crippen LogP contribution in [0, 0.1) is 13.8 Å². The number of carboxylic acid groups (broad SMARTS) is 1. The number of anilines is 2. The molecule has 7 nitrogen and oxygen atoms in total. The Morgan fingerprint density at radius 2 is 1.79 bits per heavy atom. The van der Waals surface area contributed by atoms with Crippen LogP contribution >= 0.6 is 11.8 Å². The average molecular weight is 412 g/mol. The third kappa shape index (κ3) is 4.65. The predicted molar refractivity (Wildman–Crippen MR) is 111 cm³/mol. The van der Waals surface area contributed by atoms with Crippen LogP contribution in [0.3, 0.4) is 0 Å². The van der Waals surface area contributed by atoms with Crippen LogP contribution in [0.25, 0.3) is 0 Å². The number of nitrogens with one attached hydrogen (secondary N) is 1. The van der Waals surface area contributed by atoms with Crippen molar-refractivity contribution in [3.63, 3.8) is 0 Å². The van der Waals surface area contributed by atoms with E-state index in [2.05, 4.69) is 5.32 Å². The Hall–Kier alpha value is -3.13. The van der Waals surface area contributed by atoms with Crippen LogP contribution in [0.4, 0.5) is 16.2 Å². The Morgan fingerprint density at radius 3 is 2.45 bits per heavy atom. The number of nitrogens with zero attached hydrogens (tertiary/aromatic N) is 1. The molecule has 1 heterocycles. The summed E-state index contributed by atoms with van der Waals surface area (Å²) in [6, 6.07) is 11.9. The summed E-state index contributed by atoms with van der Waals surface area (Å²) in [7, 11) is 0. The van der Waals surface area contributed by atoms with Gasteiger partial charge >= 0.3 is 5.97 Å². The van der Waals surface area contributed by atoms with E-state index < -0.39 is 23.0 Å². The lowest BCUT2D eigenvalue weighted by molar-refractivity contribution is -0.136. The second kappa shape index (κ2) is 8.48. The number of carbonyl (C=O) groups is 4. The van der Waals surface area contributed by atoms with Crippen molar-refractivity contribution in [3.8, 4) is 0 Å². The molecule has 3 rings (SSSR count). The van der Waals surface area contributed by atoms with Gasteiger partial charge in [0.1, 0.15) is 5.25 Å². The number of carbonyl (C=O) groups excluding carboxylic acids is 3. The predicted octanol–water partition coefficient (Wildman–Crippen LogP) is 3.53. The Kier molecular flexibility index (Phi) is 6.03. The van der Waals surface area contributed by atoms with Crippen molar-refractivity contribution >= 4 is 46.2 Å². The lowest BCUT2D eigenvalue weighted by atomic mass is 10.1. The van der Waals surface area contributed by atoms with E-state index in [1.54, 1.807) is 36.4 Å². The van der Waals surface area contributed by atoms with Crippen LogP contribution in [-0.4, -0.2) is 33.4 Å². The lowest BCUT2D eigenvalue weighted by Gasteiger charge is -2.17. The zero-order valence-electron chi connectivity index (χ0n) is 16.0. The summed E-state index contributed by atoms with van der Waals surface area (Å²) in [5, 5.41) is 10.3. The molecule has 3 amide bonds. The quantitative estimate of drug-likeness (QED) is 0.752. The Balaban J connectivity index is 1.65. The van der Waals surface area contributed by atoms with Gasteiger partial charge in [-0.15, -0.1) is 0 Å². The van der Waals surface area contributed by atoms with Crippen LogP contribution in [0.5, 0.6) is 0 Å². The number of imide groups is 1. The molecule has 0 saturated carbocycles. The maximum absolute atomic E-state index is 12.8. The molecule has 0 bridgehead atoms. The molecule has 2 aromatic carbocycles. The lowest BCUT2D eigenvalue weighted by Crippen LogP contribution is -2.33. The molecule has 0 spiro atoms. The Labute approximate surface area is 172 Å². The van der Waals surface area contributed by atoms with Crippen molar-refractivity contribution in [2.45, 2.75) is 31.9 Å². The maximum Gasteiger partial charge on any atom is 0.307 e. The van der Waals surface area contributed by atoms with Gasteiger partial charge in [0.25, 0.3) is 5.24 Å². The monoisotopic (exact) mass is 412 g/mol. The van der Waals surface area contributed by atoms with E-state index in [1.807, 2.05) is 19.9 Å². The van der Waals surface area contributed by atoms with E-state index in [4.69, 9.17) is 5.11 Å². The van der Waals surface area contributed by atoms with Crippen molar-refractivity contribution < 1.29 is 24.3 Å². The fourth-order valence-electron chi connectivity index (χ4n) is 3.04. The summed E-state index contributed by atoms with van der Waals surface area (Å²) in [6.07, 6.45) is -0.231. The molecule has 1 fully saturated rings. The summed E-state index contributed by atoms with van der Waals surface area (Å²) in [6.45, 7) is 3.76. The number of carboxylic acids is 1. The minimum atomic E-state index is -0.934. The number of hydrogen-bond acceptors (Lipinski definition) is 5. The maximum atomic E-state index is 12.8. The smallest absolute Gasteiger partial charge is 0.307 e. The van der Waals surface area contributed by atoms with Crippen LogP contribution in [0.2, 0.25) is 0 Å². The van der Waals surface area contributed by atoms with Gasteiger partial charge < -0.3 is 10.4 Å². The molecular formula is C21H20N2O5S. The van der Waals surface area contributed by atoms with Crippen LogP contribution in [0.1, 0.15) is 23.1 Å². The van der Waals surface area contributed by atoms with Gasteiger partial charge in [-0.05, 0) is 60.5 Å². The number of thioether (sulfide) groups is 1. The molecule has 0 aliphatic carbocycles. The second-order valence-electron chi connectivity index (χ2n) is 6.78. The van der Waals surface area contributed by atoms with Gasteiger partial charge in [0.2, 0.25) is 11.8 Å². The van der Waals surface area contributed by atoms with Gasteiger partial charge in [-0.25, -0.2) is 4.90 Å². The van der Waals surface area contributed by atoms with Gasteiger partial charge in [0, 0.05) is 12.1 Å². The minimum Gasteiger partial charge on any atom is -0.481 e. The molecule has 1 aliphatic rings. The van der Waals surface area contributed by atoms with Gasteiger partial charge in [0.15, 0.2) is 0 Å². The number of aryl methyl sites for hydroxylation is 1. The molecule has 29 heavy (non-hydrogen) atoms. The second-order valence-corrected chi connectivity index (χ2v) is 7.94.